The number of anilines is 1. The fourth-order valence-electron chi connectivity index (χ4n) is 3.99. The first-order valence-electron chi connectivity index (χ1n) is 8.51. The van der Waals surface area contributed by atoms with Crippen molar-refractivity contribution in [3.05, 3.63) is 28.2 Å². The van der Waals surface area contributed by atoms with Crippen LogP contribution < -0.4 is 10.9 Å². The van der Waals surface area contributed by atoms with Gasteiger partial charge in [0.1, 0.15) is 5.69 Å². The van der Waals surface area contributed by atoms with E-state index in [4.69, 9.17) is 12.2 Å². The highest BCUT2D eigenvalue weighted by Gasteiger charge is 2.33. The predicted molar refractivity (Wildman–Crippen MR) is 98.2 cm³/mol. The summed E-state index contributed by atoms with van der Waals surface area (Å²) in [7, 11) is 2.17. The van der Waals surface area contributed by atoms with Gasteiger partial charge < -0.3 is 19.7 Å². The molecule has 3 rings (SSSR count). The molecule has 0 aromatic carbocycles. The molecule has 2 bridgehead atoms. The number of rotatable bonds is 3. The fraction of sp³-hybridized carbons (Fsp3) is 0.647. The molecule has 0 unspecified atom stereocenters. The first kappa shape index (κ1) is 16.5. The second-order valence-corrected chi connectivity index (χ2v) is 7.10. The van der Waals surface area contributed by atoms with Gasteiger partial charge in [0.25, 0.3) is 5.56 Å². The molecule has 1 saturated heterocycles. The maximum Gasteiger partial charge on any atom is 0.274 e. The molecule has 1 N–H and O–H groups in total. The van der Waals surface area contributed by atoms with E-state index in [2.05, 4.69) is 37.2 Å². The van der Waals surface area contributed by atoms with Gasteiger partial charge in [0.15, 0.2) is 5.11 Å². The van der Waals surface area contributed by atoms with Crippen LogP contribution in [-0.2, 0) is 6.54 Å². The van der Waals surface area contributed by atoms with E-state index in [9.17, 15) is 4.79 Å². The topological polar surface area (TPSA) is 40.5 Å². The van der Waals surface area contributed by atoms with Gasteiger partial charge in [0.05, 0.1) is 0 Å². The van der Waals surface area contributed by atoms with Crippen molar-refractivity contribution in [3.8, 4) is 0 Å². The number of nitrogens with one attached hydrogen (secondary N) is 1. The minimum Gasteiger partial charge on any atom is -0.350 e. The van der Waals surface area contributed by atoms with Crippen LogP contribution in [0.15, 0.2) is 16.9 Å². The zero-order valence-electron chi connectivity index (χ0n) is 14.2. The molecule has 6 heteroatoms. The van der Waals surface area contributed by atoms with Crippen molar-refractivity contribution in [1.29, 1.82) is 0 Å². The number of likely N-dealkylation sites (tertiary alicyclic amines) is 1. The largest absolute Gasteiger partial charge is 0.350 e. The highest BCUT2D eigenvalue weighted by atomic mass is 32.1. The van der Waals surface area contributed by atoms with Crippen LogP contribution in [0.4, 0.5) is 5.69 Å². The Hall–Kier alpha value is -1.40. The summed E-state index contributed by atoms with van der Waals surface area (Å²) in [4.78, 5) is 17.3. The average molecular weight is 334 g/mol. The van der Waals surface area contributed by atoms with Gasteiger partial charge in [-0.3, -0.25) is 4.79 Å². The highest BCUT2D eigenvalue weighted by molar-refractivity contribution is 7.80. The Bertz CT molecular complexity index is 652. The summed E-state index contributed by atoms with van der Waals surface area (Å²) in [6.07, 6.45) is 1.20. The molecule has 0 saturated carbocycles. The van der Waals surface area contributed by atoms with Gasteiger partial charge in [0, 0.05) is 44.3 Å². The molecule has 126 valence electrons. The molecule has 2 atom stereocenters. The van der Waals surface area contributed by atoms with Crippen LogP contribution in [0.5, 0.6) is 0 Å². The maximum atomic E-state index is 12.9. The lowest BCUT2D eigenvalue weighted by Gasteiger charge is -2.41. The van der Waals surface area contributed by atoms with Crippen LogP contribution in [0.3, 0.4) is 0 Å². The first-order chi connectivity index (χ1) is 11.0. The second-order valence-electron chi connectivity index (χ2n) is 6.71. The molecule has 0 radical (unpaired) electrons. The van der Waals surface area contributed by atoms with Crippen molar-refractivity contribution in [2.45, 2.75) is 32.7 Å². The minimum absolute atomic E-state index is 0.0660. The number of pyridine rings is 1. The fourth-order valence-corrected chi connectivity index (χ4v) is 4.35. The normalized spacial score (nSPS) is 23.3. The van der Waals surface area contributed by atoms with Gasteiger partial charge in [0.2, 0.25) is 0 Å². The summed E-state index contributed by atoms with van der Waals surface area (Å²) in [5.41, 5.74) is 1.84. The van der Waals surface area contributed by atoms with E-state index in [0.717, 1.165) is 32.7 Å². The molecular weight excluding hydrogens is 308 g/mol. The molecule has 2 aliphatic heterocycles. The number of thiocarbonyl (C=S) groups is 1. The predicted octanol–water partition coefficient (Wildman–Crippen LogP) is 1.94. The Labute approximate surface area is 143 Å². The van der Waals surface area contributed by atoms with Crippen LogP contribution in [0.25, 0.3) is 0 Å². The highest BCUT2D eigenvalue weighted by Crippen LogP contribution is 2.34. The Morgan fingerprint density at radius 2 is 2.04 bits per heavy atom. The maximum absolute atomic E-state index is 12.9. The summed E-state index contributed by atoms with van der Waals surface area (Å²) in [5, 5.41) is 3.78. The number of hydrogen-bond acceptors (Lipinski definition) is 3. The van der Waals surface area contributed by atoms with E-state index < -0.39 is 0 Å². The lowest BCUT2D eigenvalue weighted by atomic mass is 9.83. The Balaban J connectivity index is 1.88. The number of likely N-dealkylation sites (N-methyl/N-ethyl adjacent to an activating group) is 1. The van der Waals surface area contributed by atoms with Gasteiger partial charge in [-0.1, -0.05) is 0 Å². The lowest BCUT2D eigenvalue weighted by molar-refractivity contribution is 0.145. The van der Waals surface area contributed by atoms with Crippen LogP contribution in [0.2, 0.25) is 0 Å². The Morgan fingerprint density at radius 3 is 2.74 bits per heavy atom. The molecule has 0 aliphatic carbocycles. The summed E-state index contributed by atoms with van der Waals surface area (Å²) in [5.74, 6) is 1.05. The SMILES string of the molecule is CCN(CC)C(=S)Nc1ccc2n(c1=O)C[C@H]1C[C@@H]2CN(C)C1. The number of fused-ring (bicyclic) bond motifs is 4. The standard InChI is InChI=1S/C17H26N4OS/c1-4-20(5-2)17(23)18-14-6-7-15-13-8-12(9-19(3)11-13)10-21(15)16(14)22/h6-7,12-13H,4-5,8-11H2,1-3H3,(H,18,23)/t12-,13+/m0/s1. The third-order valence-electron chi connectivity index (χ3n) is 5.08. The quantitative estimate of drug-likeness (QED) is 0.856. The average Bonchev–Trinajstić information content (AvgIpc) is 2.51. The molecule has 0 amide bonds. The third kappa shape index (κ3) is 3.15. The first-order valence-corrected chi connectivity index (χ1v) is 8.92. The molecule has 23 heavy (non-hydrogen) atoms. The molecular formula is C17H26N4OS. The Kier molecular flexibility index (Phi) is 4.73. The zero-order valence-corrected chi connectivity index (χ0v) is 15.0. The van der Waals surface area contributed by atoms with Gasteiger partial charge in [-0.05, 0) is 57.6 Å². The third-order valence-corrected chi connectivity index (χ3v) is 5.44. The van der Waals surface area contributed by atoms with E-state index >= 15 is 0 Å². The van der Waals surface area contributed by atoms with Gasteiger partial charge in [-0.15, -0.1) is 0 Å². The van der Waals surface area contributed by atoms with E-state index in [0.29, 0.717) is 22.6 Å². The smallest absolute Gasteiger partial charge is 0.274 e. The lowest BCUT2D eigenvalue weighted by Crippen LogP contribution is -2.46. The van der Waals surface area contributed by atoms with E-state index in [-0.39, 0.29) is 5.56 Å². The molecule has 1 aromatic rings. The minimum atomic E-state index is 0.0660. The van der Waals surface area contributed by atoms with Crippen LogP contribution >= 0.6 is 12.2 Å². The summed E-state index contributed by atoms with van der Waals surface area (Å²) in [6.45, 7) is 8.75. The molecule has 0 spiro atoms. The summed E-state index contributed by atoms with van der Waals surface area (Å²) in [6, 6.07) is 4.01. The summed E-state index contributed by atoms with van der Waals surface area (Å²) >= 11 is 5.43. The molecule has 1 aromatic heterocycles. The van der Waals surface area contributed by atoms with E-state index in [1.807, 2.05) is 15.5 Å². The number of hydrogen-bond donors (Lipinski definition) is 1. The van der Waals surface area contributed by atoms with Crippen LogP contribution in [-0.4, -0.2) is 52.7 Å². The van der Waals surface area contributed by atoms with E-state index in [1.165, 1.54) is 12.1 Å². The molecule has 3 heterocycles. The van der Waals surface area contributed by atoms with Crippen molar-refractivity contribution < 1.29 is 0 Å². The van der Waals surface area contributed by atoms with Crippen LogP contribution in [0.1, 0.15) is 31.9 Å². The van der Waals surface area contributed by atoms with Crippen LogP contribution in [0, 0.1) is 5.92 Å². The van der Waals surface area contributed by atoms with Gasteiger partial charge in [-0.2, -0.15) is 0 Å². The molecule has 2 aliphatic rings. The second kappa shape index (κ2) is 6.61. The molecule has 5 nitrogen and oxygen atoms in total. The van der Waals surface area contributed by atoms with E-state index in [1.54, 1.807) is 0 Å². The number of nitrogens with zero attached hydrogens (tertiary/aromatic N) is 3. The van der Waals surface area contributed by atoms with Crippen molar-refractivity contribution in [2.75, 3.05) is 38.5 Å². The van der Waals surface area contributed by atoms with Gasteiger partial charge in [-0.25, -0.2) is 0 Å². The van der Waals surface area contributed by atoms with Crippen molar-refractivity contribution in [3.63, 3.8) is 0 Å². The van der Waals surface area contributed by atoms with Crippen molar-refractivity contribution in [1.82, 2.24) is 14.4 Å². The summed E-state index contributed by atoms with van der Waals surface area (Å²) < 4.78 is 1.97. The van der Waals surface area contributed by atoms with Gasteiger partial charge >= 0.3 is 0 Å². The Morgan fingerprint density at radius 1 is 1.30 bits per heavy atom. The monoisotopic (exact) mass is 334 g/mol. The number of piperidine rings is 1. The van der Waals surface area contributed by atoms with Crippen molar-refractivity contribution in [2.24, 2.45) is 5.92 Å². The zero-order chi connectivity index (χ0) is 16.6. The molecule has 1 fully saturated rings. The number of aromatic nitrogens is 1. The van der Waals surface area contributed by atoms with Crippen molar-refractivity contribution >= 4 is 23.0 Å².